The molecule has 1 unspecified atom stereocenters. The van der Waals surface area contributed by atoms with Gasteiger partial charge in [-0.25, -0.2) is 0 Å². The summed E-state index contributed by atoms with van der Waals surface area (Å²) in [5, 5.41) is 17.7. The first-order chi connectivity index (χ1) is 14.3. The number of halogens is 2. The summed E-state index contributed by atoms with van der Waals surface area (Å²) in [6, 6.07) is 9.27. The summed E-state index contributed by atoms with van der Waals surface area (Å²) in [6.45, 7) is 0.204. The molecule has 0 radical (unpaired) electrons. The molecule has 3 amide bonds. The number of amides is 3. The standard InChI is InChI=1S/C21H17Cl2N3O4/c22-15-5-4-11(8-16(15)23)19(28)24-9-12-2-1-3-13-14(12)10-26(21(13)30)17-6-7-18(27)25-20(17)29/h1-5,8,10,17,30H,6-7,9H2,(H,24,28)(H,25,27,29). The highest BCUT2D eigenvalue weighted by molar-refractivity contribution is 6.42. The second-order valence-electron chi connectivity index (χ2n) is 7.02. The van der Waals surface area contributed by atoms with E-state index in [0.717, 1.165) is 5.56 Å². The number of piperidine rings is 1. The number of carbonyl (C=O) groups is 3. The van der Waals surface area contributed by atoms with Crippen molar-refractivity contribution in [3.05, 3.63) is 63.8 Å². The highest BCUT2D eigenvalue weighted by Gasteiger charge is 2.30. The van der Waals surface area contributed by atoms with Gasteiger partial charge < -0.3 is 15.0 Å². The molecule has 1 aliphatic heterocycles. The Morgan fingerprint density at radius 2 is 1.97 bits per heavy atom. The average Bonchev–Trinajstić information content (AvgIpc) is 3.05. The second kappa shape index (κ2) is 8.01. The number of nitrogens with one attached hydrogen (secondary N) is 2. The molecule has 2 heterocycles. The Bertz CT molecular complexity index is 1190. The Morgan fingerprint density at radius 3 is 2.70 bits per heavy atom. The van der Waals surface area contributed by atoms with Gasteiger partial charge in [-0.15, -0.1) is 0 Å². The van der Waals surface area contributed by atoms with Crippen LogP contribution in [-0.4, -0.2) is 27.4 Å². The second-order valence-corrected chi connectivity index (χ2v) is 7.83. The van der Waals surface area contributed by atoms with Crippen LogP contribution in [0.1, 0.15) is 34.8 Å². The lowest BCUT2D eigenvalue weighted by atomic mass is 10.1. The first-order valence-corrected chi connectivity index (χ1v) is 9.99. The van der Waals surface area contributed by atoms with E-state index in [-0.39, 0.29) is 35.7 Å². The molecule has 2 aromatic carbocycles. The van der Waals surface area contributed by atoms with Crippen molar-refractivity contribution >= 4 is 51.7 Å². The molecule has 0 spiro atoms. The number of rotatable bonds is 4. The van der Waals surface area contributed by atoms with Crippen molar-refractivity contribution in [3.63, 3.8) is 0 Å². The Balaban J connectivity index is 1.59. The van der Waals surface area contributed by atoms with Crippen LogP contribution in [-0.2, 0) is 16.1 Å². The number of hydrogen-bond acceptors (Lipinski definition) is 4. The number of imide groups is 1. The highest BCUT2D eigenvalue weighted by atomic mass is 35.5. The number of benzene rings is 2. The molecule has 3 N–H and O–H groups in total. The summed E-state index contributed by atoms with van der Waals surface area (Å²) in [5.74, 6) is -1.15. The molecule has 154 valence electrons. The predicted molar refractivity (Wildman–Crippen MR) is 113 cm³/mol. The molecule has 4 rings (SSSR count). The summed E-state index contributed by atoms with van der Waals surface area (Å²) >= 11 is 11.9. The van der Waals surface area contributed by atoms with Crippen LogP contribution in [0.5, 0.6) is 5.88 Å². The van der Waals surface area contributed by atoms with Gasteiger partial charge in [0.15, 0.2) is 5.88 Å². The molecule has 1 fully saturated rings. The third-order valence-electron chi connectivity index (χ3n) is 5.12. The van der Waals surface area contributed by atoms with Gasteiger partial charge >= 0.3 is 0 Å². The quantitative estimate of drug-likeness (QED) is 0.534. The number of fused-ring (bicyclic) bond motifs is 1. The predicted octanol–water partition coefficient (Wildman–Crippen LogP) is 3.56. The fraction of sp³-hybridized carbons (Fsp3) is 0.190. The highest BCUT2D eigenvalue weighted by Crippen LogP contribution is 2.34. The van der Waals surface area contributed by atoms with E-state index in [0.29, 0.717) is 27.8 Å². The minimum atomic E-state index is -0.672. The molecule has 7 nitrogen and oxygen atoms in total. The van der Waals surface area contributed by atoms with Gasteiger partial charge in [-0.3, -0.25) is 19.7 Å². The van der Waals surface area contributed by atoms with E-state index in [1.807, 2.05) is 6.07 Å². The summed E-state index contributed by atoms with van der Waals surface area (Å²) < 4.78 is 1.47. The first-order valence-electron chi connectivity index (χ1n) is 9.23. The molecule has 0 aliphatic carbocycles. The first kappa shape index (κ1) is 20.3. The van der Waals surface area contributed by atoms with Crippen LogP contribution in [0, 0.1) is 0 Å². The Hall–Kier alpha value is -3.03. The maximum atomic E-state index is 12.5. The molecule has 3 aromatic rings. The number of nitrogens with zero attached hydrogens (tertiary/aromatic N) is 1. The van der Waals surface area contributed by atoms with E-state index in [9.17, 15) is 19.5 Å². The number of carbonyl (C=O) groups excluding carboxylic acids is 3. The fourth-order valence-electron chi connectivity index (χ4n) is 3.55. The third kappa shape index (κ3) is 3.74. The van der Waals surface area contributed by atoms with Gasteiger partial charge in [0.05, 0.1) is 10.0 Å². The molecule has 1 aromatic heterocycles. The van der Waals surface area contributed by atoms with Gasteiger partial charge in [-0.2, -0.15) is 0 Å². The Labute approximate surface area is 181 Å². The van der Waals surface area contributed by atoms with Crippen LogP contribution < -0.4 is 10.6 Å². The Kier molecular flexibility index (Phi) is 5.40. The van der Waals surface area contributed by atoms with E-state index in [2.05, 4.69) is 10.6 Å². The lowest BCUT2D eigenvalue weighted by molar-refractivity contribution is -0.135. The van der Waals surface area contributed by atoms with Crippen molar-refractivity contribution in [1.29, 1.82) is 0 Å². The molecule has 9 heteroatoms. The molecule has 1 aliphatic rings. The van der Waals surface area contributed by atoms with Gasteiger partial charge in [0.1, 0.15) is 6.04 Å². The van der Waals surface area contributed by atoms with Gasteiger partial charge in [0.2, 0.25) is 11.8 Å². The average molecular weight is 446 g/mol. The molecule has 0 saturated carbocycles. The summed E-state index contributed by atoms with van der Waals surface area (Å²) in [5.41, 5.74) is 1.14. The largest absolute Gasteiger partial charge is 0.494 e. The van der Waals surface area contributed by atoms with Crippen LogP contribution in [0.4, 0.5) is 0 Å². The van der Waals surface area contributed by atoms with Crippen LogP contribution in [0.15, 0.2) is 42.6 Å². The van der Waals surface area contributed by atoms with Gasteiger partial charge in [0, 0.05) is 35.5 Å². The van der Waals surface area contributed by atoms with Crippen molar-refractivity contribution < 1.29 is 19.5 Å². The topological polar surface area (TPSA) is 100 Å². The van der Waals surface area contributed by atoms with Crippen molar-refractivity contribution in [2.45, 2.75) is 25.4 Å². The molecule has 1 atom stereocenters. The van der Waals surface area contributed by atoms with Crippen molar-refractivity contribution in [2.75, 3.05) is 0 Å². The molecular weight excluding hydrogens is 429 g/mol. The van der Waals surface area contributed by atoms with Crippen LogP contribution in [0.2, 0.25) is 10.0 Å². The zero-order chi connectivity index (χ0) is 21.4. The van der Waals surface area contributed by atoms with E-state index in [4.69, 9.17) is 23.2 Å². The lowest BCUT2D eigenvalue weighted by Gasteiger charge is -2.22. The van der Waals surface area contributed by atoms with Crippen molar-refractivity contribution in [3.8, 4) is 5.88 Å². The number of hydrogen-bond donors (Lipinski definition) is 3. The monoisotopic (exact) mass is 445 g/mol. The SMILES string of the molecule is O=C1CCC(n2cc3c(CNC(=O)c4ccc(Cl)c(Cl)c4)cccc3c2O)C(=O)N1. The van der Waals surface area contributed by atoms with E-state index in [1.54, 1.807) is 30.5 Å². The zero-order valence-electron chi connectivity index (χ0n) is 15.6. The zero-order valence-corrected chi connectivity index (χ0v) is 17.1. The summed E-state index contributed by atoms with van der Waals surface area (Å²) in [4.78, 5) is 36.1. The van der Waals surface area contributed by atoms with E-state index >= 15 is 0 Å². The van der Waals surface area contributed by atoms with Gasteiger partial charge in [-0.1, -0.05) is 35.3 Å². The molecule has 0 bridgehead atoms. The summed E-state index contributed by atoms with van der Waals surface area (Å²) in [7, 11) is 0. The molecular formula is C21H17Cl2N3O4. The maximum Gasteiger partial charge on any atom is 0.251 e. The third-order valence-corrected chi connectivity index (χ3v) is 5.86. The van der Waals surface area contributed by atoms with Crippen LogP contribution in [0.25, 0.3) is 10.8 Å². The van der Waals surface area contributed by atoms with Crippen LogP contribution >= 0.6 is 23.2 Å². The van der Waals surface area contributed by atoms with Crippen molar-refractivity contribution in [1.82, 2.24) is 15.2 Å². The van der Waals surface area contributed by atoms with Crippen LogP contribution in [0.3, 0.4) is 0 Å². The van der Waals surface area contributed by atoms with Gasteiger partial charge in [-0.05, 0) is 36.2 Å². The minimum Gasteiger partial charge on any atom is -0.494 e. The normalized spacial score (nSPS) is 16.5. The lowest BCUT2D eigenvalue weighted by Crippen LogP contribution is -2.41. The van der Waals surface area contributed by atoms with E-state index in [1.165, 1.54) is 10.6 Å². The summed E-state index contributed by atoms with van der Waals surface area (Å²) in [6.07, 6.45) is 2.19. The number of aromatic nitrogens is 1. The molecule has 1 saturated heterocycles. The Morgan fingerprint density at radius 1 is 1.17 bits per heavy atom. The fourth-order valence-corrected chi connectivity index (χ4v) is 3.85. The number of aromatic hydroxyl groups is 1. The minimum absolute atomic E-state index is 0.0582. The van der Waals surface area contributed by atoms with E-state index < -0.39 is 11.9 Å². The smallest absolute Gasteiger partial charge is 0.251 e. The van der Waals surface area contributed by atoms with Gasteiger partial charge in [0.25, 0.3) is 5.91 Å². The van der Waals surface area contributed by atoms with Crippen molar-refractivity contribution in [2.24, 2.45) is 0 Å². The molecule has 30 heavy (non-hydrogen) atoms. The maximum absolute atomic E-state index is 12.5.